The van der Waals surface area contributed by atoms with Crippen LogP contribution in [-0.4, -0.2) is 31.5 Å². The number of pyridine rings is 1. The topological polar surface area (TPSA) is 33.2 Å². The van der Waals surface area contributed by atoms with Gasteiger partial charge in [-0.3, -0.25) is 9.78 Å². The summed E-state index contributed by atoms with van der Waals surface area (Å²) >= 11 is 3.05. The summed E-state index contributed by atoms with van der Waals surface area (Å²) in [5.74, 6) is -1.63. The molecule has 0 N–H and O–H groups in total. The molecular weight excluding hydrogens is 352 g/mol. The van der Waals surface area contributed by atoms with Crippen LogP contribution in [0.1, 0.15) is 21.6 Å². The van der Waals surface area contributed by atoms with E-state index in [9.17, 15) is 13.6 Å². The van der Waals surface area contributed by atoms with Gasteiger partial charge in [0.2, 0.25) is 0 Å². The lowest BCUT2D eigenvalue weighted by atomic mass is 9.59. The molecule has 1 aromatic heterocycles. The van der Waals surface area contributed by atoms with Crippen molar-refractivity contribution in [2.75, 3.05) is 0 Å². The van der Waals surface area contributed by atoms with Crippen molar-refractivity contribution in [1.29, 1.82) is 0 Å². The fourth-order valence-corrected chi connectivity index (χ4v) is 3.15. The SMILES string of the molecule is BC1(B)c2ncccc2C(=O)N1Cc1c(F)cc(Br)cc1F. The van der Waals surface area contributed by atoms with E-state index in [1.165, 1.54) is 17.0 Å². The van der Waals surface area contributed by atoms with E-state index in [1.54, 1.807) is 18.3 Å². The normalized spacial score (nSPS) is 16.0. The van der Waals surface area contributed by atoms with Crippen molar-refractivity contribution in [3.8, 4) is 0 Å². The van der Waals surface area contributed by atoms with Gasteiger partial charge in [0.1, 0.15) is 27.3 Å². The highest BCUT2D eigenvalue weighted by atomic mass is 79.9. The smallest absolute Gasteiger partial charge is 0.255 e. The molecule has 0 aliphatic carbocycles. The van der Waals surface area contributed by atoms with E-state index >= 15 is 0 Å². The fraction of sp³-hybridized carbons (Fsp3) is 0.143. The highest BCUT2D eigenvalue weighted by molar-refractivity contribution is 9.10. The summed E-state index contributed by atoms with van der Waals surface area (Å²) in [4.78, 5) is 18.2. The van der Waals surface area contributed by atoms with Gasteiger partial charge in [-0.2, -0.15) is 0 Å². The van der Waals surface area contributed by atoms with E-state index in [0.29, 0.717) is 15.7 Å². The van der Waals surface area contributed by atoms with Gasteiger partial charge >= 0.3 is 0 Å². The van der Waals surface area contributed by atoms with E-state index in [4.69, 9.17) is 0 Å². The first-order chi connectivity index (χ1) is 10.3. The van der Waals surface area contributed by atoms with Gasteiger partial charge in [0.25, 0.3) is 5.91 Å². The Kier molecular flexibility index (Phi) is 3.59. The number of carbonyl (C=O) groups excluding carboxylic acids is 1. The van der Waals surface area contributed by atoms with E-state index in [1.807, 2.05) is 15.7 Å². The van der Waals surface area contributed by atoms with Gasteiger partial charge in [-0.05, 0) is 24.3 Å². The number of halogens is 3. The van der Waals surface area contributed by atoms with Crippen LogP contribution in [0.2, 0.25) is 0 Å². The van der Waals surface area contributed by atoms with Crippen LogP contribution in [0.15, 0.2) is 34.9 Å². The Morgan fingerprint density at radius 3 is 2.50 bits per heavy atom. The second kappa shape index (κ2) is 5.19. The number of aromatic nitrogens is 1. The molecular formula is C14H11B2BrF2N2O. The first-order valence-corrected chi connectivity index (χ1v) is 7.52. The van der Waals surface area contributed by atoms with Crippen molar-refractivity contribution in [1.82, 2.24) is 9.88 Å². The monoisotopic (exact) mass is 362 g/mol. The molecule has 0 radical (unpaired) electrons. The first kappa shape index (κ1) is 15.2. The minimum atomic E-state index is -0.723. The molecule has 3 rings (SSSR count). The molecule has 2 heterocycles. The lowest BCUT2D eigenvalue weighted by Crippen LogP contribution is -2.45. The molecule has 0 spiro atoms. The summed E-state index contributed by atoms with van der Waals surface area (Å²) in [6.07, 6.45) is 1.61. The summed E-state index contributed by atoms with van der Waals surface area (Å²) in [5.41, 5.74) is 0.973. The highest BCUT2D eigenvalue weighted by Crippen LogP contribution is 2.35. The average molecular weight is 363 g/mol. The maximum absolute atomic E-state index is 14.0. The van der Waals surface area contributed by atoms with Crippen LogP contribution in [0.3, 0.4) is 0 Å². The first-order valence-electron chi connectivity index (χ1n) is 6.73. The number of benzene rings is 1. The molecule has 0 saturated heterocycles. The van der Waals surface area contributed by atoms with Crippen LogP contribution in [0, 0.1) is 11.6 Å². The molecule has 1 aliphatic rings. The summed E-state index contributed by atoms with van der Waals surface area (Å²) in [6.45, 7) is -0.146. The maximum Gasteiger partial charge on any atom is 0.255 e. The lowest BCUT2D eigenvalue weighted by Gasteiger charge is -2.32. The van der Waals surface area contributed by atoms with E-state index < -0.39 is 17.0 Å². The third-order valence-corrected chi connectivity index (χ3v) is 4.42. The quantitative estimate of drug-likeness (QED) is 0.751. The molecule has 2 aromatic rings. The molecule has 0 fully saturated rings. The molecule has 1 aliphatic heterocycles. The predicted molar refractivity (Wildman–Crippen MR) is 86.9 cm³/mol. The zero-order chi connectivity index (χ0) is 16.1. The average Bonchev–Trinajstić information content (AvgIpc) is 2.63. The molecule has 0 saturated carbocycles. The van der Waals surface area contributed by atoms with Crippen LogP contribution < -0.4 is 0 Å². The number of carbonyl (C=O) groups is 1. The van der Waals surface area contributed by atoms with Crippen LogP contribution in [0.4, 0.5) is 8.78 Å². The van der Waals surface area contributed by atoms with Crippen molar-refractivity contribution < 1.29 is 13.6 Å². The molecule has 0 atom stereocenters. The zero-order valence-electron chi connectivity index (χ0n) is 12.0. The van der Waals surface area contributed by atoms with Crippen LogP contribution in [0.25, 0.3) is 0 Å². The van der Waals surface area contributed by atoms with Crippen molar-refractivity contribution >= 4 is 37.5 Å². The molecule has 110 valence electrons. The van der Waals surface area contributed by atoms with Crippen molar-refractivity contribution in [2.24, 2.45) is 0 Å². The largest absolute Gasteiger partial charge is 0.339 e. The minimum Gasteiger partial charge on any atom is -0.339 e. The van der Waals surface area contributed by atoms with Crippen molar-refractivity contribution in [3.05, 3.63) is 63.4 Å². The molecule has 1 aromatic carbocycles. The standard InChI is InChI=1S/C14H11B2BrF2N2O/c15-14(16)12-8(2-1-3-20-12)13(22)21(14)6-9-10(18)4-7(17)5-11(9)19/h1-5H,6,15-16H2. The Balaban J connectivity index is 2.03. The maximum atomic E-state index is 14.0. The third-order valence-electron chi connectivity index (χ3n) is 3.96. The molecule has 1 amide bonds. The van der Waals surface area contributed by atoms with E-state index in [-0.39, 0.29) is 18.0 Å². The fourth-order valence-electron chi connectivity index (χ4n) is 2.74. The Morgan fingerprint density at radius 2 is 1.91 bits per heavy atom. The molecule has 22 heavy (non-hydrogen) atoms. The van der Waals surface area contributed by atoms with Gasteiger partial charge in [-0.25, -0.2) is 8.78 Å². The van der Waals surface area contributed by atoms with E-state index in [0.717, 1.165) is 0 Å². The third kappa shape index (κ3) is 2.26. The number of nitrogens with zero attached hydrogens (tertiary/aromatic N) is 2. The van der Waals surface area contributed by atoms with Crippen LogP contribution in [-0.2, 0) is 11.9 Å². The van der Waals surface area contributed by atoms with Crippen LogP contribution in [0.5, 0.6) is 0 Å². The molecule has 0 unspecified atom stereocenters. The van der Waals surface area contributed by atoms with Gasteiger partial charge in [0, 0.05) is 21.6 Å². The van der Waals surface area contributed by atoms with E-state index in [2.05, 4.69) is 20.9 Å². The predicted octanol–water partition coefficient (Wildman–Crippen LogP) is 1.15. The second-order valence-electron chi connectivity index (χ2n) is 5.70. The minimum absolute atomic E-state index is 0.127. The van der Waals surface area contributed by atoms with Gasteiger partial charge in [-0.1, -0.05) is 15.9 Å². The van der Waals surface area contributed by atoms with Gasteiger partial charge < -0.3 is 4.90 Å². The lowest BCUT2D eigenvalue weighted by molar-refractivity contribution is 0.0727. The highest BCUT2D eigenvalue weighted by Gasteiger charge is 2.44. The number of amides is 1. The molecule has 0 bridgehead atoms. The van der Waals surface area contributed by atoms with Gasteiger partial charge in [0.05, 0.1) is 17.8 Å². The zero-order valence-corrected chi connectivity index (χ0v) is 13.6. The summed E-state index contributed by atoms with van der Waals surface area (Å²) in [7, 11) is 3.64. The number of fused-ring (bicyclic) bond motifs is 1. The number of rotatable bonds is 2. The Hall–Kier alpha value is -1.69. The second-order valence-corrected chi connectivity index (χ2v) is 6.61. The Labute approximate surface area is 136 Å². The Bertz CT molecular complexity index is 762. The molecule has 3 nitrogen and oxygen atoms in total. The van der Waals surface area contributed by atoms with Gasteiger partial charge in [0.15, 0.2) is 0 Å². The number of hydrogen-bond acceptors (Lipinski definition) is 2. The summed E-state index contributed by atoms with van der Waals surface area (Å²) in [5, 5.41) is -0.723. The molecule has 8 heteroatoms. The summed E-state index contributed by atoms with van der Waals surface area (Å²) in [6, 6.07) is 5.74. The van der Waals surface area contributed by atoms with Gasteiger partial charge in [-0.15, -0.1) is 0 Å². The Morgan fingerprint density at radius 1 is 1.27 bits per heavy atom. The van der Waals surface area contributed by atoms with Crippen molar-refractivity contribution in [2.45, 2.75) is 11.9 Å². The number of hydrogen-bond donors (Lipinski definition) is 0. The van der Waals surface area contributed by atoms with Crippen molar-refractivity contribution in [3.63, 3.8) is 0 Å². The summed E-state index contributed by atoms with van der Waals surface area (Å²) < 4.78 is 28.4. The van der Waals surface area contributed by atoms with Crippen LogP contribution >= 0.6 is 15.9 Å².